The fourth-order valence-electron chi connectivity index (χ4n) is 1.30. The first kappa shape index (κ1) is 11.7. The third-order valence-corrected chi connectivity index (χ3v) is 2.00. The second kappa shape index (κ2) is 7.35. The van der Waals surface area contributed by atoms with E-state index in [0.29, 0.717) is 0 Å². The molecule has 0 amide bonds. The van der Waals surface area contributed by atoms with Gasteiger partial charge in [-0.25, -0.2) is 0 Å². The van der Waals surface area contributed by atoms with Crippen molar-refractivity contribution in [3.8, 4) is 0 Å². The Kier molecular flexibility index (Phi) is 7.17. The Bertz CT molecular complexity index is 118. The Morgan fingerprint density at radius 1 is 1.25 bits per heavy atom. The molecular weight excluding hydrogens is 146 g/mol. The average molecular weight is 169 g/mol. The zero-order valence-corrected chi connectivity index (χ0v) is 8.90. The molecule has 0 aliphatic heterocycles. The lowest BCUT2D eigenvalue weighted by Gasteiger charge is -2.14. The zero-order valence-electron chi connectivity index (χ0n) is 8.90. The van der Waals surface area contributed by atoms with Crippen molar-refractivity contribution in [2.24, 2.45) is 0 Å². The molecule has 0 N–H and O–H groups in total. The maximum atomic E-state index is 3.89. The molecule has 0 fully saturated rings. The Morgan fingerprint density at radius 2 is 1.92 bits per heavy atom. The van der Waals surface area contributed by atoms with E-state index in [1.165, 1.54) is 44.3 Å². The minimum Gasteiger partial charge on any atom is -0.306 e. The van der Waals surface area contributed by atoms with Crippen LogP contribution in [0.15, 0.2) is 12.2 Å². The molecule has 1 nitrogen and oxygen atoms in total. The number of rotatable bonds is 7. The van der Waals surface area contributed by atoms with Crippen molar-refractivity contribution >= 4 is 0 Å². The molecule has 0 aromatic carbocycles. The van der Waals surface area contributed by atoms with Crippen molar-refractivity contribution in [1.29, 1.82) is 0 Å². The topological polar surface area (TPSA) is 3.24 Å². The highest BCUT2D eigenvalue weighted by molar-refractivity contribution is 4.87. The van der Waals surface area contributed by atoms with Gasteiger partial charge in [-0.1, -0.05) is 12.5 Å². The molecule has 12 heavy (non-hydrogen) atoms. The van der Waals surface area contributed by atoms with Crippen molar-refractivity contribution < 1.29 is 0 Å². The molecule has 0 radical (unpaired) electrons. The number of allylic oxidation sites excluding steroid dienone is 1. The second-order valence-electron chi connectivity index (χ2n) is 3.72. The zero-order chi connectivity index (χ0) is 9.40. The van der Waals surface area contributed by atoms with Crippen LogP contribution in [0.2, 0.25) is 0 Å². The van der Waals surface area contributed by atoms with Crippen LogP contribution in [0.1, 0.15) is 39.5 Å². The minimum absolute atomic E-state index is 1.19. The van der Waals surface area contributed by atoms with Crippen LogP contribution < -0.4 is 0 Å². The molecule has 0 saturated carbocycles. The first-order valence-corrected chi connectivity index (χ1v) is 4.99. The third-order valence-electron chi connectivity index (χ3n) is 2.00. The number of unbranched alkanes of at least 4 members (excludes halogenated alkanes) is 1. The van der Waals surface area contributed by atoms with Crippen LogP contribution >= 0.6 is 0 Å². The molecule has 0 aliphatic carbocycles. The van der Waals surface area contributed by atoms with Gasteiger partial charge in [0.25, 0.3) is 0 Å². The van der Waals surface area contributed by atoms with Crippen LogP contribution in [0.25, 0.3) is 0 Å². The van der Waals surface area contributed by atoms with Gasteiger partial charge in [0.05, 0.1) is 0 Å². The summed E-state index contributed by atoms with van der Waals surface area (Å²) in [7, 11) is 2.20. The second-order valence-corrected chi connectivity index (χ2v) is 3.72. The highest BCUT2D eigenvalue weighted by atomic mass is 15.1. The van der Waals surface area contributed by atoms with Crippen molar-refractivity contribution in [2.45, 2.75) is 39.5 Å². The highest BCUT2D eigenvalue weighted by Gasteiger charge is 1.95. The normalized spacial score (nSPS) is 10.7. The molecule has 0 atom stereocenters. The monoisotopic (exact) mass is 169 g/mol. The molecule has 0 aliphatic rings. The van der Waals surface area contributed by atoms with E-state index in [9.17, 15) is 0 Å². The molecule has 0 saturated heterocycles. The molecular formula is C11H23N. The van der Waals surface area contributed by atoms with Crippen LogP contribution in [0.4, 0.5) is 0 Å². The third kappa shape index (κ3) is 7.80. The summed E-state index contributed by atoms with van der Waals surface area (Å²) >= 11 is 0. The van der Waals surface area contributed by atoms with Crippen LogP contribution in [0, 0.1) is 0 Å². The van der Waals surface area contributed by atoms with Gasteiger partial charge in [0.2, 0.25) is 0 Å². The lowest BCUT2D eigenvalue weighted by Crippen LogP contribution is -2.20. The SMILES string of the molecule is C=C(C)CCCCN(C)CCC. The average Bonchev–Trinajstić information content (AvgIpc) is 1.98. The Labute approximate surface area is 77.5 Å². The summed E-state index contributed by atoms with van der Waals surface area (Å²) in [6, 6.07) is 0. The van der Waals surface area contributed by atoms with E-state index in [-0.39, 0.29) is 0 Å². The molecule has 72 valence electrons. The van der Waals surface area contributed by atoms with Crippen LogP contribution in [-0.4, -0.2) is 25.0 Å². The summed E-state index contributed by atoms with van der Waals surface area (Å²) < 4.78 is 0. The molecule has 0 spiro atoms. The molecule has 0 unspecified atom stereocenters. The van der Waals surface area contributed by atoms with E-state index >= 15 is 0 Å². The van der Waals surface area contributed by atoms with Gasteiger partial charge >= 0.3 is 0 Å². The van der Waals surface area contributed by atoms with Crippen molar-refractivity contribution in [3.05, 3.63) is 12.2 Å². The summed E-state index contributed by atoms with van der Waals surface area (Å²) in [5.74, 6) is 0. The fraction of sp³-hybridized carbons (Fsp3) is 0.818. The quantitative estimate of drug-likeness (QED) is 0.418. The molecule has 0 aromatic rings. The molecule has 0 bridgehead atoms. The van der Waals surface area contributed by atoms with Gasteiger partial charge in [0.15, 0.2) is 0 Å². The molecule has 1 heteroatoms. The highest BCUT2D eigenvalue weighted by Crippen LogP contribution is 2.04. The minimum atomic E-state index is 1.19. The largest absolute Gasteiger partial charge is 0.306 e. The van der Waals surface area contributed by atoms with Gasteiger partial charge in [-0.3, -0.25) is 0 Å². The van der Waals surface area contributed by atoms with E-state index in [1.54, 1.807) is 0 Å². The van der Waals surface area contributed by atoms with Gasteiger partial charge in [0.1, 0.15) is 0 Å². The number of hydrogen-bond acceptors (Lipinski definition) is 1. The predicted molar refractivity (Wildman–Crippen MR) is 56.5 cm³/mol. The molecule has 0 aromatic heterocycles. The summed E-state index contributed by atoms with van der Waals surface area (Å²) in [6.45, 7) is 10.7. The summed E-state index contributed by atoms with van der Waals surface area (Å²) in [5.41, 5.74) is 1.31. The Morgan fingerprint density at radius 3 is 2.42 bits per heavy atom. The maximum Gasteiger partial charge on any atom is -0.00217 e. The van der Waals surface area contributed by atoms with Crippen molar-refractivity contribution in [2.75, 3.05) is 20.1 Å². The van der Waals surface area contributed by atoms with Gasteiger partial charge in [-0.05, 0) is 52.7 Å². The van der Waals surface area contributed by atoms with E-state index in [2.05, 4.69) is 32.4 Å². The lowest BCUT2D eigenvalue weighted by atomic mass is 10.1. The van der Waals surface area contributed by atoms with Crippen molar-refractivity contribution in [1.82, 2.24) is 4.90 Å². The van der Waals surface area contributed by atoms with Crippen molar-refractivity contribution in [3.63, 3.8) is 0 Å². The predicted octanol–water partition coefficient (Wildman–Crippen LogP) is 3.07. The van der Waals surface area contributed by atoms with Crippen LogP contribution in [0.3, 0.4) is 0 Å². The van der Waals surface area contributed by atoms with Gasteiger partial charge < -0.3 is 4.90 Å². The summed E-state index contributed by atoms with van der Waals surface area (Å²) in [5, 5.41) is 0. The van der Waals surface area contributed by atoms with Gasteiger partial charge in [-0.15, -0.1) is 6.58 Å². The molecule has 0 rings (SSSR count). The van der Waals surface area contributed by atoms with Crippen LogP contribution in [0.5, 0.6) is 0 Å². The lowest BCUT2D eigenvalue weighted by molar-refractivity contribution is 0.326. The standard InChI is InChI=1S/C11H23N/c1-5-9-12(4)10-7-6-8-11(2)3/h2,5-10H2,1,3-4H3. The fourth-order valence-corrected chi connectivity index (χ4v) is 1.30. The van der Waals surface area contributed by atoms with E-state index in [0.717, 1.165) is 0 Å². The first-order chi connectivity index (χ1) is 5.66. The van der Waals surface area contributed by atoms with E-state index in [4.69, 9.17) is 0 Å². The van der Waals surface area contributed by atoms with E-state index in [1.807, 2.05) is 0 Å². The van der Waals surface area contributed by atoms with E-state index < -0.39 is 0 Å². The Balaban J connectivity index is 3.13. The molecule has 0 heterocycles. The summed E-state index contributed by atoms with van der Waals surface area (Å²) in [6.07, 6.45) is 5.06. The summed E-state index contributed by atoms with van der Waals surface area (Å²) in [4.78, 5) is 2.40. The van der Waals surface area contributed by atoms with Gasteiger partial charge in [0, 0.05) is 0 Å². The number of nitrogens with zero attached hydrogens (tertiary/aromatic N) is 1. The van der Waals surface area contributed by atoms with Crippen LogP contribution in [-0.2, 0) is 0 Å². The number of hydrogen-bond donors (Lipinski definition) is 0. The maximum absolute atomic E-state index is 3.89. The first-order valence-electron chi connectivity index (χ1n) is 4.99. The Hall–Kier alpha value is -0.300. The van der Waals surface area contributed by atoms with Gasteiger partial charge in [-0.2, -0.15) is 0 Å². The smallest absolute Gasteiger partial charge is 0.00217 e.